The first-order chi connectivity index (χ1) is 8.36. The maximum atomic E-state index is 12.8. The second-order valence-corrected chi connectivity index (χ2v) is 3.60. The van der Waals surface area contributed by atoms with Gasteiger partial charge in [-0.15, -0.1) is 0 Å². The van der Waals surface area contributed by atoms with Crippen LogP contribution in [0.1, 0.15) is 18.9 Å². The van der Waals surface area contributed by atoms with Gasteiger partial charge in [0, 0.05) is 5.56 Å². The Bertz CT molecular complexity index is 446. The van der Waals surface area contributed by atoms with Crippen molar-refractivity contribution in [1.29, 1.82) is 0 Å². The Kier molecular flexibility index (Phi) is 8.07. The molecule has 0 amide bonds. The van der Waals surface area contributed by atoms with Crippen molar-refractivity contribution in [2.45, 2.75) is 25.6 Å². The third kappa shape index (κ3) is 5.74. The van der Waals surface area contributed by atoms with E-state index in [1.165, 1.54) is 31.2 Å². The van der Waals surface area contributed by atoms with Gasteiger partial charge >= 0.3 is 63.5 Å². The summed E-state index contributed by atoms with van der Waals surface area (Å²) in [6.45, 7) is 1.47. The normalized spacial score (nSPS) is 13.6. The van der Waals surface area contributed by atoms with Crippen LogP contribution < -0.4 is 0 Å². The molecule has 0 spiro atoms. The van der Waals surface area contributed by atoms with E-state index in [1.54, 1.807) is 6.07 Å². The van der Waals surface area contributed by atoms with Crippen LogP contribution in [0, 0.1) is 0 Å². The van der Waals surface area contributed by atoms with Gasteiger partial charge < -0.3 is 5.11 Å². The van der Waals surface area contributed by atoms with Crippen molar-refractivity contribution in [3.63, 3.8) is 0 Å². The van der Waals surface area contributed by atoms with Crippen LogP contribution in [-0.4, -0.2) is 80.4 Å². The number of rotatable bonds is 4. The first kappa shape index (κ1) is 18.8. The van der Waals surface area contributed by atoms with E-state index in [2.05, 4.69) is 4.99 Å². The van der Waals surface area contributed by atoms with Crippen molar-refractivity contribution < 1.29 is 23.1 Å². The maximum absolute atomic E-state index is 12.8. The number of aliphatic carboxylic acids is 1. The number of carboxylic acids is 1. The molecule has 0 aliphatic rings. The van der Waals surface area contributed by atoms with Gasteiger partial charge in [-0.2, -0.15) is 13.2 Å². The molecule has 0 radical (unpaired) electrons. The number of hydrogen-bond acceptors (Lipinski definition) is 2. The molecule has 0 aliphatic carbocycles. The van der Waals surface area contributed by atoms with Gasteiger partial charge in [0.15, 0.2) is 0 Å². The van der Waals surface area contributed by atoms with Crippen molar-refractivity contribution in [3.05, 3.63) is 35.9 Å². The summed E-state index contributed by atoms with van der Waals surface area (Å²) < 4.78 is 38.5. The Morgan fingerprint density at radius 2 is 1.84 bits per heavy atom. The minimum atomic E-state index is -4.68. The summed E-state index contributed by atoms with van der Waals surface area (Å²) in [5, 5.41) is 8.76. The second kappa shape index (κ2) is 8.16. The summed E-state index contributed by atoms with van der Waals surface area (Å²) in [6, 6.07) is 5.58. The number of carboxylic acid groups (broad SMARTS) is 1. The molecule has 19 heavy (non-hydrogen) atoms. The van der Waals surface area contributed by atoms with Gasteiger partial charge in [-0.1, -0.05) is 37.3 Å². The van der Waals surface area contributed by atoms with Crippen LogP contribution in [0.3, 0.4) is 0 Å². The fourth-order valence-corrected chi connectivity index (χ4v) is 1.38. The van der Waals surface area contributed by atoms with Crippen LogP contribution in [0.25, 0.3) is 0 Å². The molecule has 100 valence electrons. The minimum absolute atomic E-state index is 0. The van der Waals surface area contributed by atoms with E-state index in [0.717, 1.165) is 0 Å². The number of benzene rings is 1. The Morgan fingerprint density at radius 1 is 1.32 bits per heavy atom. The molecular weight excluding hydrogens is 286 g/mol. The van der Waals surface area contributed by atoms with E-state index in [4.69, 9.17) is 5.11 Å². The summed E-state index contributed by atoms with van der Waals surface area (Å²) in [7, 11) is 0. The summed E-state index contributed by atoms with van der Waals surface area (Å²) in [5.41, 5.74) is -1.29. The van der Waals surface area contributed by atoms with Crippen molar-refractivity contribution in [2.75, 3.05) is 0 Å². The average molecular weight is 299 g/mol. The third-order valence-corrected chi connectivity index (χ3v) is 2.27. The van der Waals surface area contributed by atoms with E-state index in [9.17, 15) is 18.0 Å². The second-order valence-electron chi connectivity index (χ2n) is 3.60. The number of carbonyl (C=O) groups is 1. The van der Waals surface area contributed by atoms with Gasteiger partial charge in [0.2, 0.25) is 0 Å². The Morgan fingerprint density at radius 3 is 2.21 bits per heavy atom. The fraction of sp³-hybridized carbons (Fsp3) is 0.333. The monoisotopic (exact) mass is 299 g/mol. The Balaban J connectivity index is 0.00000324. The number of hydrogen-bond donors (Lipinski definition) is 1. The molecule has 1 atom stereocenters. The molecule has 1 rings (SSSR count). The van der Waals surface area contributed by atoms with Crippen LogP contribution in [-0.2, 0) is 4.79 Å². The van der Waals surface area contributed by atoms with Gasteiger partial charge in [-0.3, -0.25) is 4.99 Å². The first-order valence-electron chi connectivity index (χ1n) is 5.29. The van der Waals surface area contributed by atoms with Crippen molar-refractivity contribution in [3.8, 4) is 0 Å². The molecule has 0 saturated carbocycles. The zero-order chi connectivity index (χ0) is 13.8. The summed E-state index contributed by atoms with van der Waals surface area (Å²) in [4.78, 5) is 14.1. The summed E-state index contributed by atoms with van der Waals surface area (Å²) >= 11 is 0. The molecule has 0 aromatic heterocycles. The number of nitrogens with zero attached hydrogens (tertiary/aromatic N) is 1. The molecule has 0 unspecified atom stereocenters. The van der Waals surface area contributed by atoms with Crippen molar-refractivity contribution in [2.24, 2.45) is 4.99 Å². The van der Waals surface area contributed by atoms with Crippen LogP contribution in [0.5, 0.6) is 0 Å². The molecule has 1 N–H and O–H groups in total. The number of halogens is 3. The summed E-state index contributed by atoms with van der Waals surface area (Å²) in [6.07, 6.45) is -4.67. The van der Waals surface area contributed by atoms with Crippen LogP contribution in [0.2, 0.25) is 0 Å². The molecule has 1 aromatic rings. The van der Waals surface area contributed by atoms with Crippen molar-refractivity contribution in [1.82, 2.24) is 0 Å². The summed E-state index contributed by atoms with van der Waals surface area (Å²) in [5.74, 6) is -1.37. The third-order valence-electron chi connectivity index (χ3n) is 2.27. The average Bonchev–Trinajstić information content (AvgIpc) is 2.29. The fourth-order valence-electron chi connectivity index (χ4n) is 1.38. The molecule has 3 nitrogen and oxygen atoms in total. The van der Waals surface area contributed by atoms with Gasteiger partial charge in [-0.05, 0) is 6.42 Å². The SMILES string of the molecule is CC[C@H](N=C(c1ccccc1)C(F)(F)F)C(=O)O.[KH]. The van der Waals surface area contributed by atoms with Crippen molar-refractivity contribution >= 4 is 63.1 Å². The number of alkyl halides is 3. The van der Waals surface area contributed by atoms with Crippen LogP contribution in [0.4, 0.5) is 13.2 Å². The number of aliphatic imine (C=N–C) groups is 1. The molecule has 0 bridgehead atoms. The van der Waals surface area contributed by atoms with E-state index in [-0.39, 0.29) is 63.4 Å². The van der Waals surface area contributed by atoms with Gasteiger partial charge in [0.1, 0.15) is 11.8 Å². The molecule has 1 aromatic carbocycles. The molecule has 0 aliphatic heterocycles. The van der Waals surface area contributed by atoms with E-state index < -0.39 is 23.9 Å². The topological polar surface area (TPSA) is 49.7 Å². The molecule has 0 saturated heterocycles. The predicted molar refractivity (Wildman–Crippen MR) is 67.9 cm³/mol. The van der Waals surface area contributed by atoms with E-state index in [1.807, 2.05) is 0 Å². The van der Waals surface area contributed by atoms with Gasteiger partial charge in [-0.25, -0.2) is 4.79 Å². The standard InChI is InChI=1S/C12H12F3NO2.K.H/c1-2-9(11(17)18)16-10(12(13,14)15)8-6-4-3-5-7-8;;/h3-7,9H,2H2,1H3,(H,17,18);;/t9-;;/m0../s1. The van der Waals surface area contributed by atoms with Gasteiger partial charge in [0.25, 0.3) is 0 Å². The molecular formula is C12H13F3KNO2. The molecule has 0 heterocycles. The first-order valence-corrected chi connectivity index (χ1v) is 5.29. The Labute approximate surface area is 151 Å². The van der Waals surface area contributed by atoms with Crippen LogP contribution >= 0.6 is 0 Å². The molecule has 0 fully saturated rings. The van der Waals surface area contributed by atoms with E-state index in [0.29, 0.717) is 0 Å². The molecule has 7 heteroatoms. The van der Waals surface area contributed by atoms with E-state index >= 15 is 0 Å². The quantitative estimate of drug-likeness (QED) is 0.685. The predicted octanol–water partition coefficient (Wildman–Crippen LogP) is 2.25. The van der Waals surface area contributed by atoms with Gasteiger partial charge in [0.05, 0.1) is 0 Å². The zero-order valence-electron chi connectivity index (χ0n) is 9.61. The zero-order valence-corrected chi connectivity index (χ0v) is 9.61. The Hall–Kier alpha value is -0.214. The van der Waals surface area contributed by atoms with Crippen LogP contribution in [0.15, 0.2) is 35.3 Å².